The number of nitrogens with zero attached hydrogens (tertiary/aromatic N) is 6. The van der Waals surface area contributed by atoms with Gasteiger partial charge in [-0.2, -0.15) is 5.10 Å². The molecule has 3 aromatic heterocycles. The van der Waals surface area contributed by atoms with Crippen molar-refractivity contribution in [2.24, 2.45) is 13.0 Å². The van der Waals surface area contributed by atoms with Crippen LogP contribution in [0.2, 0.25) is 0 Å². The molecule has 158 valence electrons. The number of anilines is 2. The molecule has 0 radical (unpaired) electrons. The Hall–Kier alpha value is -2.73. The van der Waals surface area contributed by atoms with Crippen molar-refractivity contribution < 1.29 is 9.59 Å². The maximum absolute atomic E-state index is 12.2. The fourth-order valence-corrected chi connectivity index (χ4v) is 5.41. The minimum atomic E-state index is -0.149. The minimum Gasteiger partial charge on any atom is -0.301 e. The number of hydrogen-bond donors (Lipinski definition) is 2. The summed E-state index contributed by atoms with van der Waals surface area (Å²) >= 11 is 2.87. The van der Waals surface area contributed by atoms with E-state index in [1.54, 1.807) is 4.68 Å². The predicted molar refractivity (Wildman–Crippen MR) is 113 cm³/mol. The van der Waals surface area contributed by atoms with Crippen molar-refractivity contribution in [2.45, 2.75) is 44.9 Å². The van der Waals surface area contributed by atoms with Crippen LogP contribution in [-0.4, -0.2) is 42.0 Å². The molecule has 2 atom stereocenters. The molecule has 0 unspecified atom stereocenters. The summed E-state index contributed by atoms with van der Waals surface area (Å²) in [5, 5.41) is 29.3. The molecule has 30 heavy (non-hydrogen) atoms. The molecule has 0 saturated heterocycles. The van der Waals surface area contributed by atoms with Crippen LogP contribution in [0.5, 0.6) is 0 Å². The normalized spacial score (nSPS) is 18.5. The highest BCUT2D eigenvalue weighted by atomic mass is 32.1. The van der Waals surface area contributed by atoms with E-state index < -0.39 is 0 Å². The largest absolute Gasteiger partial charge is 0.301 e. The summed E-state index contributed by atoms with van der Waals surface area (Å²) in [6.07, 6.45) is 6.00. The summed E-state index contributed by atoms with van der Waals surface area (Å²) in [5.74, 6) is 0.568. The molecule has 3 heterocycles. The van der Waals surface area contributed by atoms with Gasteiger partial charge in [-0.05, 0) is 31.2 Å². The van der Waals surface area contributed by atoms with E-state index in [-0.39, 0.29) is 18.2 Å². The molecule has 2 amide bonds. The van der Waals surface area contributed by atoms with E-state index in [0.29, 0.717) is 22.1 Å². The molecule has 1 saturated carbocycles. The Labute approximate surface area is 181 Å². The summed E-state index contributed by atoms with van der Waals surface area (Å²) in [7, 11) is 1.82. The number of aryl methyl sites for hydroxylation is 1. The van der Waals surface area contributed by atoms with Crippen molar-refractivity contribution in [3.05, 3.63) is 28.0 Å². The van der Waals surface area contributed by atoms with Gasteiger partial charge in [-0.3, -0.25) is 14.3 Å². The topological polar surface area (TPSA) is 128 Å². The Morgan fingerprint density at radius 2 is 1.93 bits per heavy atom. The van der Waals surface area contributed by atoms with Gasteiger partial charge >= 0.3 is 0 Å². The number of amides is 2. The first-order valence-electron chi connectivity index (χ1n) is 9.66. The zero-order chi connectivity index (χ0) is 21.1. The Morgan fingerprint density at radius 3 is 2.70 bits per heavy atom. The Kier molecular flexibility index (Phi) is 6.13. The fraction of sp³-hybridized carbons (Fsp3) is 0.500. The van der Waals surface area contributed by atoms with Crippen LogP contribution in [0.25, 0.3) is 0 Å². The smallest absolute Gasteiger partial charge is 0.232 e. The van der Waals surface area contributed by atoms with Crippen molar-refractivity contribution in [3.8, 4) is 0 Å². The van der Waals surface area contributed by atoms with E-state index in [1.165, 1.54) is 29.6 Å². The molecule has 12 heteroatoms. The van der Waals surface area contributed by atoms with Gasteiger partial charge in [0.25, 0.3) is 0 Å². The number of carbonyl (C=O) groups excluding carboxylic acids is 2. The summed E-state index contributed by atoms with van der Waals surface area (Å²) in [4.78, 5) is 23.3. The van der Waals surface area contributed by atoms with E-state index in [4.69, 9.17) is 0 Å². The van der Waals surface area contributed by atoms with Gasteiger partial charge in [-0.15, -0.1) is 20.4 Å². The van der Waals surface area contributed by atoms with Crippen LogP contribution in [0.3, 0.4) is 0 Å². The van der Waals surface area contributed by atoms with Crippen molar-refractivity contribution in [2.75, 3.05) is 10.6 Å². The van der Waals surface area contributed by atoms with E-state index >= 15 is 0 Å². The predicted octanol–water partition coefficient (Wildman–Crippen LogP) is 2.39. The lowest BCUT2D eigenvalue weighted by Gasteiger charge is -2.06. The molecular weight excluding hydrogens is 424 g/mol. The van der Waals surface area contributed by atoms with Crippen LogP contribution in [0, 0.1) is 5.92 Å². The molecule has 2 N–H and O–H groups in total. The van der Waals surface area contributed by atoms with E-state index in [2.05, 4.69) is 36.1 Å². The lowest BCUT2D eigenvalue weighted by molar-refractivity contribution is -0.116. The molecule has 0 bridgehead atoms. The standard InChI is InChI=1S/C18H22N8O2S2/c1-10(27)19-17-24-22-16(30-17)12-4-3-11(7-12)8-15-21-23-18(29-15)20-14(28)9-13-5-6-26(2)25-13/h5-6,11-12H,3-4,7-9H2,1-2H3,(H,19,24,27)(H,20,23,28)/t11-,12+/m0/s1. The highest BCUT2D eigenvalue weighted by Gasteiger charge is 2.29. The van der Waals surface area contributed by atoms with Crippen molar-refractivity contribution in [1.82, 2.24) is 30.2 Å². The van der Waals surface area contributed by atoms with Gasteiger partial charge in [0.1, 0.15) is 10.0 Å². The zero-order valence-electron chi connectivity index (χ0n) is 16.7. The minimum absolute atomic E-state index is 0.138. The zero-order valence-corrected chi connectivity index (χ0v) is 18.3. The number of hydrogen-bond acceptors (Lipinski definition) is 9. The Bertz CT molecular complexity index is 1040. The van der Waals surface area contributed by atoms with Crippen molar-refractivity contribution in [1.29, 1.82) is 0 Å². The lowest BCUT2D eigenvalue weighted by Crippen LogP contribution is -2.14. The Balaban J connectivity index is 1.27. The fourth-order valence-electron chi connectivity index (χ4n) is 3.60. The van der Waals surface area contributed by atoms with Gasteiger partial charge in [-0.25, -0.2) is 0 Å². The van der Waals surface area contributed by atoms with Crippen LogP contribution < -0.4 is 10.6 Å². The molecule has 0 aromatic carbocycles. The monoisotopic (exact) mass is 446 g/mol. The van der Waals surface area contributed by atoms with Crippen LogP contribution >= 0.6 is 22.7 Å². The number of carbonyl (C=O) groups is 2. The highest BCUT2D eigenvalue weighted by molar-refractivity contribution is 7.15. The summed E-state index contributed by atoms with van der Waals surface area (Å²) in [6.45, 7) is 1.46. The van der Waals surface area contributed by atoms with Crippen LogP contribution in [-0.2, 0) is 29.5 Å². The molecule has 1 fully saturated rings. The van der Waals surface area contributed by atoms with Gasteiger partial charge in [0.2, 0.25) is 22.1 Å². The molecule has 4 rings (SSSR count). The highest BCUT2D eigenvalue weighted by Crippen LogP contribution is 2.41. The second-order valence-corrected chi connectivity index (χ2v) is 9.48. The van der Waals surface area contributed by atoms with Gasteiger partial charge in [0.05, 0.1) is 12.1 Å². The lowest BCUT2D eigenvalue weighted by atomic mass is 10.0. The van der Waals surface area contributed by atoms with E-state index in [9.17, 15) is 9.59 Å². The third kappa shape index (κ3) is 5.25. The molecular formula is C18H22N8O2S2. The average Bonchev–Trinajstić information content (AvgIpc) is 3.44. The first kappa shape index (κ1) is 20.5. The number of nitrogens with one attached hydrogen (secondary N) is 2. The molecule has 3 aromatic rings. The summed E-state index contributed by atoms with van der Waals surface area (Å²) in [5.41, 5.74) is 0.718. The first-order chi connectivity index (χ1) is 14.4. The molecule has 0 aliphatic heterocycles. The third-order valence-corrected chi connectivity index (χ3v) is 6.76. The third-order valence-electron chi connectivity index (χ3n) is 4.90. The van der Waals surface area contributed by atoms with Gasteiger partial charge < -0.3 is 10.6 Å². The maximum Gasteiger partial charge on any atom is 0.232 e. The van der Waals surface area contributed by atoms with Gasteiger partial charge in [0.15, 0.2) is 0 Å². The van der Waals surface area contributed by atoms with Crippen LogP contribution in [0.1, 0.15) is 47.8 Å². The van der Waals surface area contributed by atoms with Crippen molar-refractivity contribution in [3.63, 3.8) is 0 Å². The molecule has 1 aliphatic rings. The van der Waals surface area contributed by atoms with Crippen LogP contribution in [0.4, 0.5) is 10.3 Å². The van der Waals surface area contributed by atoms with Crippen LogP contribution in [0.15, 0.2) is 12.3 Å². The summed E-state index contributed by atoms with van der Waals surface area (Å²) in [6, 6.07) is 1.82. The Morgan fingerprint density at radius 1 is 1.13 bits per heavy atom. The second-order valence-electron chi connectivity index (χ2n) is 7.41. The number of rotatable bonds is 7. The van der Waals surface area contributed by atoms with Gasteiger partial charge in [-0.1, -0.05) is 22.7 Å². The quantitative estimate of drug-likeness (QED) is 0.570. The van der Waals surface area contributed by atoms with E-state index in [1.807, 2.05) is 19.3 Å². The van der Waals surface area contributed by atoms with Gasteiger partial charge in [0, 0.05) is 32.5 Å². The molecule has 10 nitrogen and oxygen atoms in total. The average molecular weight is 447 g/mol. The van der Waals surface area contributed by atoms with E-state index in [0.717, 1.165) is 41.4 Å². The maximum atomic E-state index is 12.2. The SMILES string of the molecule is CC(=O)Nc1nnc([C@@H]2CC[C@H](Cc3nnc(NC(=O)Cc4ccn(C)n4)s3)C2)s1. The number of aromatic nitrogens is 6. The summed E-state index contributed by atoms with van der Waals surface area (Å²) < 4.78 is 1.67. The second kappa shape index (κ2) is 8.96. The molecule has 0 spiro atoms. The first-order valence-corrected chi connectivity index (χ1v) is 11.3. The van der Waals surface area contributed by atoms with Crippen molar-refractivity contribution >= 4 is 44.8 Å². The molecule has 1 aliphatic carbocycles.